The highest BCUT2D eigenvalue weighted by molar-refractivity contribution is 6.31. The lowest BCUT2D eigenvalue weighted by atomic mass is 10.2. The Morgan fingerprint density at radius 3 is 2.84 bits per heavy atom. The van der Waals surface area contributed by atoms with Crippen molar-refractivity contribution < 1.29 is 0 Å². The van der Waals surface area contributed by atoms with Crippen LogP contribution in [-0.2, 0) is 6.54 Å². The third-order valence-corrected chi connectivity index (χ3v) is 3.57. The van der Waals surface area contributed by atoms with Crippen molar-refractivity contribution in [2.75, 3.05) is 5.32 Å². The second kappa shape index (κ2) is 6.11. The maximum atomic E-state index is 6.14. The highest BCUT2D eigenvalue weighted by atomic mass is 35.5. The number of aryl methyl sites for hydroxylation is 2. The van der Waals surface area contributed by atoms with Crippen molar-refractivity contribution in [1.29, 1.82) is 0 Å². The number of halogens is 1. The van der Waals surface area contributed by atoms with Gasteiger partial charge in [0.1, 0.15) is 0 Å². The van der Waals surface area contributed by atoms with Crippen LogP contribution in [0, 0.1) is 13.8 Å². The SMILES string of the molecule is CCCCn1cc(C)nc1Nc1cccc(Cl)c1C. The zero-order valence-electron chi connectivity index (χ0n) is 11.7. The first-order valence-electron chi connectivity index (χ1n) is 6.67. The average Bonchev–Trinajstić information content (AvgIpc) is 2.73. The minimum Gasteiger partial charge on any atom is -0.325 e. The highest BCUT2D eigenvalue weighted by Gasteiger charge is 2.08. The van der Waals surface area contributed by atoms with Crippen molar-refractivity contribution >= 4 is 23.2 Å². The molecule has 3 nitrogen and oxygen atoms in total. The van der Waals surface area contributed by atoms with E-state index in [-0.39, 0.29) is 0 Å². The predicted molar refractivity (Wildman–Crippen MR) is 81.3 cm³/mol. The summed E-state index contributed by atoms with van der Waals surface area (Å²) < 4.78 is 2.17. The Morgan fingerprint density at radius 1 is 1.32 bits per heavy atom. The molecule has 2 rings (SSSR count). The monoisotopic (exact) mass is 277 g/mol. The fourth-order valence-corrected chi connectivity index (χ4v) is 2.18. The first-order chi connectivity index (χ1) is 9.11. The summed E-state index contributed by atoms with van der Waals surface area (Å²) in [6.07, 6.45) is 4.41. The number of aromatic nitrogens is 2. The van der Waals surface area contributed by atoms with E-state index in [0.717, 1.165) is 40.9 Å². The van der Waals surface area contributed by atoms with Gasteiger partial charge in [0.05, 0.1) is 5.69 Å². The molecular formula is C15H20ClN3. The molecule has 0 saturated heterocycles. The van der Waals surface area contributed by atoms with Crippen molar-refractivity contribution in [1.82, 2.24) is 9.55 Å². The van der Waals surface area contributed by atoms with Crippen LogP contribution in [0.25, 0.3) is 0 Å². The molecule has 0 bridgehead atoms. The van der Waals surface area contributed by atoms with E-state index >= 15 is 0 Å². The zero-order chi connectivity index (χ0) is 13.8. The molecule has 0 spiro atoms. The van der Waals surface area contributed by atoms with Crippen LogP contribution in [-0.4, -0.2) is 9.55 Å². The third-order valence-electron chi connectivity index (χ3n) is 3.16. The van der Waals surface area contributed by atoms with Crippen LogP contribution < -0.4 is 5.32 Å². The number of unbranched alkanes of at least 4 members (excludes halogenated alkanes) is 1. The fraction of sp³-hybridized carbons (Fsp3) is 0.400. The molecule has 0 radical (unpaired) electrons. The predicted octanol–water partition coefficient (Wildman–Crippen LogP) is 4.70. The van der Waals surface area contributed by atoms with Gasteiger partial charge in [0.15, 0.2) is 0 Å². The minimum absolute atomic E-state index is 0.772. The minimum atomic E-state index is 0.772. The molecular weight excluding hydrogens is 258 g/mol. The number of hydrogen-bond acceptors (Lipinski definition) is 2. The van der Waals surface area contributed by atoms with Crippen LogP contribution in [0.2, 0.25) is 5.02 Å². The van der Waals surface area contributed by atoms with E-state index in [0.29, 0.717) is 0 Å². The summed E-state index contributed by atoms with van der Waals surface area (Å²) in [5.41, 5.74) is 3.08. The molecule has 0 atom stereocenters. The number of anilines is 2. The second-order valence-corrected chi connectivity index (χ2v) is 5.20. The molecule has 0 fully saturated rings. The smallest absolute Gasteiger partial charge is 0.207 e. The zero-order valence-corrected chi connectivity index (χ0v) is 12.5. The summed E-state index contributed by atoms with van der Waals surface area (Å²) in [5.74, 6) is 0.885. The van der Waals surface area contributed by atoms with Gasteiger partial charge in [-0.15, -0.1) is 0 Å². The van der Waals surface area contributed by atoms with Gasteiger partial charge >= 0.3 is 0 Å². The summed E-state index contributed by atoms with van der Waals surface area (Å²) in [6.45, 7) is 7.20. The van der Waals surface area contributed by atoms with Crippen LogP contribution in [0.15, 0.2) is 24.4 Å². The number of nitrogens with one attached hydrogen (secondary N) is 1. The maximum absolute atomic E-state index is 6.14. The molecule has 2 aromatic rings. The molecule has 0 aliphatic heterocycles. The van der Waals surface area contributed by atoms with Crippen LogP contribution in [0.3, 0.4) is 0 Å². The molecule has 1 heterocycles. The molecule has 1 N–H and O–H groups in total. The van der Waals surface area contributed by atoms with Gasteiger partial charge in [-0.05, 0) is 38.0 Å². The van der Waals surface area contributed by atoms with Crippen molar-refractivity contribution in [2.45, 2.75) is 40.2 Å². The molecule has 1 aromatic carbocycles. The van der Waals surface area contributed by atoms with Crippen LogP contribution >= 0.6 is 11.6 Å². The lowest BCUT2D eigenvalue weighted by Crippen LogP contribution is -2.04. The maximum Gasteiger partial charge on any atom is 0.207 e. The number of nitrogens with zero attached hydrogens (tertiary/aromatic N) is 2. The van der Waals surface area contributed by atoms with E-state index in [1.165, 1.54) is 6.42 Å². The topological polar surface area (TPSA) is 29.9 Å². The molecule has 0 saturated carbocycles. The van der Waals surface area contributed by atoms with E-state index < -0.39 is 0 Å². The van der Waals surface area contributed by atoms with Crippen molar-refractivity contribution in [3.8, 4) is 0 Å². The Bertz CT molecular complexity index is 561. The Labute approximate surface area is 119 Å². The van der Waals surface area contributed by atoms with Gasteiger partial charge in [0, 0.05) is 23.5 Å². The standard InChI is InChI=1S/C15H20ClN3/c1-4-5-9-19-10-11(2)17-15(19)18-14-8-6-7-13(16)12(14)3/h6-8,10H,4-5,9H2,1-3H3,(H,17,18). The Hall–Kier alpha value is -1.48. The molecule has 1 aromatic heterocycles. The summed E-state index contributed by atoms with van der Waals surface area (Å²) in [7, 11) is 0. The van der Waals surface area contributed by atoms with E-state index in [1.807, 2.05) is 32.0 Å². The lowest BCUT2D eigenvalue weighted by molar-refractivity contribution is 0.637. The summed E-state index contributed by atoms with van der Waals surface area (Å²) in [5, 5.41) is 4.15. The Balaban J connectivity index is 2.25. The van der Waals surface area contributed by atoms with E-state index in [4.69, 9.17) is 11.6 Å². The summed E-state index contributed by atoms with van der Waals surface area (Å²) >= 11 is 6.14. The van der Waals surface area contributed by atoms with Gasteiger partial charge in [0.25, 0.3) is 0 Å². The Kier molecular flexibility index (Phi) is 4.48. The lowest BCUT2D eigenvalue weighted by Gasteiger charge is -2.12. The first kappa shape index (κ1) is 13.9. The number of benzene rings is 1. The number of rotatable bonds is 5. The van der Waals surface area contributed by atoms with Gasteiger partial charge in [0.2, 0.25) is 5.95 Å². The van der Waals surface area contributed by atoms with Gasteiger partial charge in [-0.1, -0.05) is 31.0 Å². The van der Waals surface area contributed by atoms with Crippen LogP contribution in [0.5, 0.6) is 0 Å². The molecule has 0 unspecified atom stereocenters. The van der Waals surface area contributed by atoms with Gasteiger partial charge in [-0.2, -0.15) is 0 Å². The Morgan fingerprint density at radius 2 is 2.11 bits per heavy atom. The average molecular weight is 278 g/mol. The van der Waals surface area contributed by atoms with Crippen LogP contribution in [0.4, 0.5) is 11.6 Å². The van der Waals surface area contributed by atoms with Crippen molar-refractivity contribution in [2.24, 2.45) is 0 Å². The fourth-order valence-electron chi connectivity index (χ4n) is 2.01. The van der Waals surface area contributed by atoms with Gasteiger partial charge in [-0.3, -0.25) is 0 Å². The number of hydrogen-bond donors (Lipinski definition) is 1. The molecule has 19 heavy (non-hydrogen) atoms. The largest absolute Gasteiger partial charge is 0.325 e. The summed E-state index contributed by atoms with van der Waals surface area (Å²) in [4.78, 5) is 4.54. The van der Waals surface area contributed by atoms with E-state index in [1.54, 1.807) is 0 Å². The number of imidazole rings is 1. The molecule has 0 aliphatic rings. The highest BCUT2D eigenvalue weighted by Crippen LogP contribution is 2.26. The molecule has 0 aliphatic carbocycles. The quantitative estimate of drug-likeness (QED) is 0.859. The molecule has 4 heteroatoms. The van der Waals surface area contributed by atoms with Gasteiger partial charge < -0.3 is 9.88 Å². The van der Waals surface area contributed by atoms with E-state index in [2.05, 4.69) is 28.0 Å². The second-order valence-electron chi connectivity index (χ2n) is 4.79. The van der Waals surface area contributed by atoms with Crippen LogP contribution in [0.1, 0.15) is 31.0 Å². The first-order valence-corrected chi connectivity index (χ1v) is 7.05. The molecule has 0 amide bonds. The van der Waals surface area contributed by atoms with Crippen molar-refractivity contribution in [3.05, 3.63) is 40.7 Å². The molecule has 102 valence electrons. The third kappa shape index (κ3) is 3.29. The van der Waals surface area contributed by atoms with E-state index in [9.17, 15) is 0 Å². The van der Waals surface area contributed by atoms with Crippen molar-refractivity contribution in [3.63, 3.8) is 0 Å². The normalized spacial score (nSPS) is 10.7. The summed E-state index contributed by atoms with van der Waals surface area (Å²) in [6, 6.07) is 5.87. The van der Waals surface area contributed by atoms with Gasteiger partial charge in [-0.25, -0.2) is 4.98 Å².